The highest BCUT2D eigenvalue weighted by Gasteiger charge is 2.38. The molecule has 1 aliphatic carbocycles. The van der Waals surface area contributed by atoms with Crippen molar-refractivity contribution < 1.29 is 10.2 Å². The Kier molecular flexibility index (Phi) is 9.66. The van der Waals surface area contributed by atoms with E-state index in [0.29, 0.717) is 25.7 Å². The van der Waals surface area contributed by atoms with E-state index in [1.165, 1.54) is 11.1 Å². The van der Waals surface area contributed by atoms with E-state index in [1.54, 1.807) is 0 Å². The molecule has 0 aliphatic heterocycles. The Bertz CT molecular complexity index is 771. The maximum absolute atomic E-state index is 9.93. The molecule has 3 rings (SSSR count). The second-order valence-electron chi connectivity index (χ2n) is 6.71. The maximum Gasteiger partial charge on any atom is 0.126 e. The third kappa shape index (κ3) is 8.04. The smallest absolute Gasteiger partial charge is 0.126 e. The number of hydrogen-bond acceptors (Lipinski definition) is 4. The van der Waals surface area contributed by atoms with Crippen LogP contribution in [0.1, 0.15) is 36.8 Å². The Labute approximate surface area is 193 Å². The van der Waals surface area contributed by atoms with Crippen molar-refractivity contribution in [3.8, 4) is 19.7 Å². The van der Waals surface area contributed by atoms with Gasteiger partial charge in [0.1, 0.15) is 11.2 Å². The second-order valence-corrected chi connectivity index (χ2v) is 7.79. The number of aliphatic hydroxyl groups is 2. The lowest BCUT2D eigenvalue weighted by atomic mass is 9.77. The first kappa shape index (κ1) is 23.1. The molecule has 0 spiro atoms. The number of hydrogen-bond donors (Lipinski definition) is 2. The number of rotatable bonds is 3. The topological polar surface area (TPSA) is 66.2 Å². The molecule has 0 amide bonds. The van der Waals surface area contributed by atoms with Gasteiger partial charge in [-0.1, -0.05) is 11.8 Å². The summed E-state index contributed by atoms with van der Waals surface area (Å²) >= 11 is 3.82. The third-order valence-corrected chi connectivity index (χ3v) is 5.20. The van der Waals surface area contributed by atoms with Crippen molar-refractivity contribution in [3.63, 3.8) is 0 Å². The summed E-state index contributed by atoms with van der Waals surface area (Å²) in [6.07, 6.45) is 11.4. The fraction of sp³-hybridized carbons (Fsp3) is 0.364. The molecule has 2 aromatic rings. The molecule has 4 nitrogen and oxygen atoms in total. The monoisotopic (exact) mass is 600 g/mol. The number of pyridine rings is 2. The molecule has 2 N–H and O–H groups in total. The lowest BCUT2D eigenvalue weighted by Crippen LogP contribution is -2.41. The van der Waals surface area contributed by atoms with E-state index in [-0.39, 0.29) is 0 Å². The second kappa shape index (κ2) is 11.7. The van der Waals surface area contributed by atoms with Gasteiger partial charge in [0.05, 0.1) is 0 Å². The van der Waals surface area contributed by atoms with Gasteiger partial charge in [-0.25, -0.2) is 0 Å². The van der Waals surface area contributed by atoms with E-state index in [2.05, 4.69) is 53.9 Å². The summed E-state index contributed by atoms with van der Waals surface area (Å²) in [4.78, 5) is 7.98. The van der Waals surface area contributed by atoms with Crippen molar-refractivity contribution in [2.75, 3.05) is 0 Å². The first-order valence-corrected chi connectivity index (χ1v) is 11.1. The Balaban J connectivity index is 0.000000200. The first-order chi connectivity index (χ1) is 13.5. The quantitative estimate of drug-likeness (QED) is 0.412. The lowest BCUT2D eigenvalue weighted by molar-refractivity contribution is -0.0218. The van der Waals surface area contributed by atoms with Crippen LogP contribution in [0, 0.1) is 19.7 Å². The predicted octanol–water partition coefficient (Wildman–Crippen LogP) is 4.08. The van der Waals surface area contributed by atoms with Gasteiger partial charge >= 0.3 is 0 Å². The standard InChI is InChI=1S/C12H12N2.C10H10I2O2/c1(11-3-7-13-8-4-11)2-12-5-9-14-10-6-12;11-7-5-9(13)1-2-10(14,4-3-9)6-8-12/h3-10H,1-2H2;13-14H,1-4H2. The SMILES string of the molecule is OC1(C#CI)CCC(O)(C#CI)CC1.c1cc(CCc2ccncc2)ccn1. The average molecular weight is 600 g/mol. The third-order valence-electron chi connectivity index (χ3n) is 4.67. The molecule has 1 aliphatic rings. The van der Waals surface area contributed by atoms with E-state index >= 15 is 0 Å². The Morgan fingerprint density at radius 3 is 1.32 bits per heavy atom. The maximum atomic E-state index is 9.93. The van der Waals surface area contributed by atoms with Gasteiger partial charge in [-0.15, -0.1) is 0 Å². The van der Waals surface area contributed by atoms with Gasteiger partial charge in [0.2, 0.25) is 0 Å². The van der Waals surface area contributed by atoms with E-state index in [1.807, 2.05) is 70.0 Å². The zero-order chi connectivity index (χ0) is 20.3. The van der Waals surface area contributed by atoms with Crippen LogP contribution in [0.15, 0.2) is 49.1 Å². The zero-order valence-electron chi connectivity index (χ0n) is 15.4. The van der Waals surface area contributed by atoms with Crippen LogP contribution in [-0.2, 0) is 12.8 Å². The molecule has 146 valence electrons. The molecule has 6 heteroatoms. The molecule has 0 unspecified atom stereocenters. The predicted molar refractivity (Wildman–Crippen MR) is 128 cm³/mol. The van der Waals surface area contributed by atoms with Crippen LogP contribution in [0.3, 0.4) is 0 Å². The van der Waals surface area contributed by atoms with E-state index in [4.69, 9.17) is 0 Å². The average Bonchev–Trinajstić information content (AvgIpc) is 2.72. The van der Waals surface area contributed by atoms with Crippen molar-refractivity contribution in [2.24, 2.45) is 0 Å². The molecular weight excluding hydrogens is 578 g/mol. The van der Waals surface area contributed by atoms with Crippen LogP contribution in [0.25, 0.3) is 0 Å². The molecule has 0 atom stereocenters. The number of nitrogens with zero attached hydrogens (tertiary/aromatic N) is 2. The largest absolute Gasteiger partial charge is 0.378 e. The van der Waals surface area contributed by atoms with E-state index in [0.717, 1.165) is 12.8 Å². The van der Waals surface area contributed by atoms with Gasteiger partial charge in [-0.3, -0.25) is 9.97 Å². The van der Waals surface area contributed by atoms with Gasteiger partial charge in [0.15, 0.2) is 0 Å². The lowest BCUT2D eigenvalue weighted by Gasteiger charge is -2.35. The normalized spacial score (nSPS) is 23.1. The minimum atomic E-state index is -0.916. The number of aromatic nitrogens is 2. The van der Waals surface area contributed by atoms with Crippen LogP contribution >= 0.6 is 45.2 Å². The molecule has 0 bridgehead atoms. The molecular formula is C22H22I2N2O2. The van der Waals surface area contributed by atoms with Gasteiger partial charge in [-0.2, -0.15) is 0 Å². The van der Waals surface area contributed by atoms with Gasteiger partial charge in [0.25, 0.3) is 0 Å². The molecule has 28 heavy (non-hydrogen) atoms. The number of aryl methyl sites for hydroxylation is 2. The summed E-state index contributed by atoms with van der Waals surface area (Å²) in [6, 6.07) is 8.23. The summed E-state index contributed by atoms with van der Waals surface area (Å²) in [7, 11) is 0. The highest BCUT2D eigenvalue weighted by Crippen LogP contribution is 2.34. The summed E-state index contributed by atoms with van der Waals surface area (Å²) in [5, 5.41) is 19.9. The Morgan fingerprint density at radius 2 is 1.04 bits per heavy atom. The van der Waals surface area contributed by atoms with Crippen LogP contribution in [-0.4, -0.2) is 31.4 Å². The van der Waals surface area contributed by atoms with Crippen molar-refractivity contribution in [1.29, 1.82) is 0 Å². The fourth-order valence-corrected chi connectivity index (χ4v) is 3.89. The van der Waals surface area contributed by atoms with Crippen LogP contribution < -0.4 is 0 Å². The summed E-state index contributed by atoms with van der Waals surface area (Å²) in [6.45, 7) is 0. The molecule has 1 fully saturated rings. The van der Waals surface area contributed by atoms with E-state index in [9.17, 15) is 10.2 Å². The number of halogens is 2. The van der Waals surface area contributed by atoms with Crippen molar-refractivity contribution >= 4 is 45.2 Å². The van der Waals surface area contributed by atoms with E-state index < -0.39 is 11.2 Å². The summed E-state index contributed by atoms with van der Waals surface area (Å²) in [5.74, 6) is 5.54. The summed E-state index contributed by atoms with van der Waals surface area (Å²) in [5.41, 5.74) is 0.828. The highest BCUT2D eigenvalue weighted by atomic mass is 127. The molecule has 2 heterocycles. The Morgan fingerprint density at radius 1 is 0.714 bits per heavy atom. The van der Waals surface area contributed by atoms with Crippen molar-refractivity contribution in [2.45, 2.75) is 49.7 Å². The molecule has 1 saturated carbocycles. The van der Waals surface area contributed by atoms with Crippen molar-refractivity contribution in [3.05, 3.63) is 60.2 Å². The minimum absolute atomic E-state index is 0.491. The van der Waals surface area contributed by atoms with Gasteiger partial charge < -0.3 is 10.2 Å². The van der Waals surface area contributed by atoms with Crippen LogP contribution in [0.2, 0.25) is 0 Å². The fourth-order valence-electron chi connectivity index (χ4n) is 2.89. The molecule has 0 aromatic carbocycles. The molecule has 2 aromatic heterocycles. The van der Waals surface area contributed by atoms with Gasteiger partial charge in [0, 0.05) is 70.0 Å². The van der Waals surface area contributed by atoms with Crippen LogP contribution in [0.5, 0.6) is 0 Å². The zero-order valence-corrected chi connectivity index (χ0v) is 19.7. The van der Waals surface area contributed by atoms with Crippen LogP contribution in [0.4, 0.5) is 0 Å². The Hall–Kier alpha value is -1.20. The van der Waals surface area contributed by atoms with Crippen molar-refractivity contribution in [1.82, 2.24) is 9.97 Å². The first-order valence-electron chi connectivity index (χ1n) is 8.97. The van der Waals surface area contributed by atoms with Gasteiger partial charge in [-0.05, 0) is 81.8 Å². The highest BCUT2D eigenvalue weighted by molar-refractivity contribution is 14.1. The molecule has 0 saturated heterocycles. The molecule has 0 radical (unpaired) electrons. The minimum Gasteiger partial charge on any atom is -0.378 e. The summed E-state index contributed by atoms with van der Waals surface area (Å²) < 4.78 is 5.38.